The van der Waals surface area contributed by atoms with Crippen LogP contribution in [0.15, 0.2) is 24.4 Å². The molecule has 1 aliphatic heterocycles. The summed E-state index contributed by atoms with van der Waals surface area (Å²) >= 11 is 5.34. The second-order valence-corrected chi connectivity index (χ2v) is 5.60. The van der Waals surface area contributed by atoms with Crippen LogP contribution in [0.3, 0.4) is 0 Å². The Kier molecular flexibility index (Phi) is 5.40. The molecule has 1 atom stereocenters. The summed E-state index contributed by atoms with van der Waals surface area (Å²) in [7, 11) is 0. The summed E-state index contributed by atoms with van der Waals surface area (Å²) in [6, 6.07) is 4.69. The molecule has 9 heteroatoms. The van der Waals surface area contributed by atoms with Crippen LogP contribution in [0.4, 0.5) is 5.69 Å². The molecule has 0 saturated carbocycles. The number of nitro groups is 1. The average Bonchev–Trinajstić information content (AvgIpc) is 2.87. The third-order valence-corrected chi connectivity index (χ3v) is 4.11. The van der Waals surface area contributed by atoms with Crippen molar-refractivity contribution in [3.63, 3.8) is 0 Å². The number of halogens is 1. The smallest absolute Gasteiger partial charge is 0.269 e. The quantitative estimate of drug-likeness (QED) is 0.498. The Morgan fingerprint density at radius 3 is 3.00 bits per heavy atom. The van der Waals surface area contributed by atoms with Crippen molar-refractivity contribution in [2.75, 3.05) is 13.2 Å². The van der Waals surface area contributed by atoms with E-state index in [9.17, 15) is 10.1 Å². The number of aromatic amines is 1. The standard InChI is InChI=1S/C14H16N4O3S.ClH/c15-4-3-11-7-16-14(22)17(11)12-6-9-5-10(18(19)20)1-2-13(9)21-8-12;/h1-2,5,7,12H,3-4,6,8,15H2,(H,16,22);1H/t12-;/m1./s1. The number of ether oxygens (including phenoxy) is 1. The normalized spacial score (nSPS) is 16.1. The number of fused-ring (bicyclic) bond motifs is 1. The van der Waals surface area contributed by atoms with Gasteiger partial charge < -0.3 is 20.0 Å². The molecule has 0 aliphatic carbocycles. The maximum Gasteiger partial charge on any atom is 0.269 e. The van der Waals surface area contributed by atoms with Crippen LogP contribution in [0.2, 0.25) is 0 Å². The number of benzene rings is 1. The van der Waals surface area contributed by atoms with E-state index in [4.69, 9.17) is 22.7 Å². The molecular weight excluding hydrogens is 340 g/mol. The number of H-pyrrole nitrogens is 1. The topological polar surface area (TPSA) is 99.1 Å². The highest BCUT2D eigenvalue weighted by Crippen LogP contribution is 2.33. The van der Waals surface area contributed by atoms with Crippen LogP contribution in [-0.4, -0.2) is 27.6 Å². The molecule has 0 amide bonds. The number of hydrogen-bond acceptors (Lipinski definition) is 5. The predicted octanol–water partition coefficient (Wildman–Crippen LogP) is 2.55. The number of nitro benzene ring substituents is 1. The van der Waals surface area contributed by atoms with Crippen LogP contribution in [0, 0.1) is 14.9 Å². The predicted molar refractivity (Wildman–Crippen MR) is 91.0 cm³/mol. The van der Waals surface area contributed by atoms with E-state index >= 15 is 0 Å². The third kappa shape index (κ3) is 3.39. The van der Waals surface area contributed by atoms with Crippen molar-refractivity contribution in [1.82, 2.24) is 9.55 Å². The Labute approximate surface area is 144 Å². The summed E-state index contributed by atoms with van der Waals surface area (Å²) in [6.07, 6.45) is 3.21. The SMILES string of the molecule is Cl.NCCc1c[nH]c(=S)n1[C@H]1COc2ccc([N+](=O)[O-])cc2C1. The van der Waals surface area contributed by atoms with Crippen LogP contribution in [0.5, 0.6) is 5.75 Å². The largest absolute Gasteiger partial charge is 0.491 e. The fourth-order valence-electron chi connectivity index (χ4n) is 2.80. The van der Waals surface area contributed by atoms with Gasteiger partial charge in [-0.2, -0.15) is 0 Å². The molecule has 1 aromatic carbocycles. The zero-order valence-corrected chi connectivity index (χ0v) is 13.9. The molecule has 0 saturated heterocycles. The first-order chi connectivity index (χ1) is 10.6. The van der Waals surface area contributed by atoms with E-state index in [2.05, 4.69) is 4.98 Å². The van der Waals surface area contributed by atoms with Crippen molar-refractivity contribution >= 4 is 30.3 Å². The molecule has 1 aliphatic rings. The van der Waals surface area contributed by atoms with Crippen LogP contribution in [-0.2, 0) is 12.8 Å². The molecule has 2 aromatic rings. The Hall–Kier alpha value is -1.90. The molecule has 0 unspecified atom stereocenters. The Balaban J connectivity index is 0.00000192. The van der Waals surface area contributed by atoms with Crippen molar-refractivity contribution in [3.05, 3.63) is 50.5 Å². The minimum Gasteiger partial charge on any atom is -0.491 e. The van der Waals surface area contributed by atoms with E-state index in [0.29, 0.717) is 36.5 Å². The fourth-order valence-corrected chi connectivity index (χ4v) is 3.12. The lowest BCUT2D eigenvalue weighted by Gasteiger charge is -2.27. The number of hydrogen-bond donors (Lipinski definition) is 2. The number of nitrogens with two attached hydrogens (primary N) is 1. The van der Waals surface area contributed by atoms with Gasteiger partial charge in [-0.3, -0.25) is 10.1 Å². The summed E-state index contributed by atoms with van der Waals surface area (Å²) < 4.78 is 8.37. The van der Waals surface area contributed by atoms with E-state index < -0.39 is 4.92 Å². The van der Waals surface area contributed by atoms with Gasteiger partial charge in [0.25, 0.3) is 5.69 Å². The Bertz CT molecular complexity index is 774. The van der Waals surface area contributed by atoms with Gasteiger partial charge in [-0.15, -0.1) is 12.4 Å². The minimum atomic E-state index is -0.397. The summed E-state index contributed by atoms with van der Waals surface area (Å²) in [6.45, 7) is 1.01. The average molecular weight is 357 g/mol. The second-order valence-electron chi connectivity index (χ2n) is 5.21. The number of nitrogens with one attached hydrogen (secondary N) is 1. The lowest BCUT2D eigenvalue weighted by molar-refractivity contribution is -0.385. The lowest BCUT2D eigenvalue weighted by Crippen LogP contribution is -2.26. The molecule has 3 rings (SSSR count). The van der Waals surface area contributed by atoms with Crippen molar-refractivity contribution in [1.29, 1.82) is 0 Å². The first kappa shape index (κ1) is 17.5. The van der Waals surface area contributed by atoms with Gasteiger partial charge in [0.2, 0.25) is 0 Å². The molecule has 2 heterocycles. The number of rotatable bonds is 4. The van der Waals surface area contributed by atoms with Gasteiger partial charge in [0, 0.05) is 42.4 Å². The highest BCUT2D eigenvalue weighted by Gasteiger charge is 2.25. The van der Waals surface area contributed by atoms with E-state index in [1.54, 1.807) is 12.1 Å². The molecule has 0 radical (unpaired) electrons. The summed E-state index contributed by atoms with van der Waals surface area (Å²) in [4.78, 5) is 13.5. The van der Waals surface area contributed by atoms with Crippen molar-refractivity contribution in [3.8, 4) is 5.75 Å². The highest BCUT2D eigenvalue weighted by atomic mass is 35.5. The fraction of sp³-hybridized carbons (Fsp3) is 0.357. The second kappa shape index (κ2) is 7.12. The van der Waals surface area contributed by atoms with Crippen LogP contribution in [0.1, 0.15) is 17.3 Å². The summed E-state index contributed by atoms with van der Waals surface area (Å²) in [5.41, 5.74) is 7.55. The molecule has 1 aromatic heterocycles. The maximum atomic E-state index is 10.9. The first-order valence-electron chi connectivity index (χ1n) is 6.99. The van der Waals surface area contributed by atoms with E-state index in [1.165, 1.54) is 6.07 Å². The number of nitrogens with zero attached hydrogens (tertiary/aromatic N) is 2. The van der Waals surface area contributed by atoms with Gasteiger partial charge in [-0.1, -0.05) is 0 Å². The van der Waals surface area contributed by atoms with E-state index in [0.717, 1.165) is 11.3 Å². The van der Waals surface area contributed by atoms with Gasteiger partial charge in [-0.05, 0) is 24.8 Å². The summed E-state index contributed by atoms with van der Waals surface area (Å²) in [5, 5.41) is 10.9. The Morgan fingerprint density at radius 1 is 1.52 bits per heavy atom. The van der Waals surface area contributed by atoms with Crippen molar-refractivity contribution in [2.45, 2.75) is 18.9 Å². The van der Waals surface area contributed by atoms with Crippen molar-refractivity contribution < 1.29 is 9.66 Å². The number of non-ortho nitro benzene ring substituents is 1. The van der Waals surface area contributed by atoms with Gasteiger partial charge in [0.1, 0.15) is 12.4 Å². The maximum absolute atomic E-state index is 10.9. The van der Waals surface area contributed by atoms with E-state index in [1.807, 2.05) is 10.8 Å². The lowest BCUT2D eigenvalue weighted by atomic mass is 10.0. The van der Waals surface area contributed by atoms with Gasteiger partial charge in [-0.25, -0.2) is 0 Å². The van der Waals surface area contributed by atoms with Crippen LogP contribution in [0.25, 0.3) is 0 Å². The zero-order chi connectivity index (χ0) is 15.7. The highest BCUT2D eigenvalue weighted by molar-refractivity contribution is 7.71. The number of imidazole rings is 1. The first-order valence-corrected chi connectivity index (χ1v) is 7.40. The molecule has 0 bridgehead atoms. The summed E-state index contributed by atoms with van der Waals surface area (Å²) in [5.74, 6) is 0.698. The molecule has 0 fully saturated rings. The Morgan fingerprint density at radius 2 is 2.30 bits per heavy atom. The monoisotopic (exact) mass is 356 g/mol. The van der Waals surface area contributed by atoms with Gasteiger partial charge in [0.15, 0.2) is 4.77 Å². The molecule has 124 valence electrons. The molecule has 7 nitrogen and oxygen atoms in total. The number of aromatic nitrogens is 2. The molecule has 0 spiro atoms. The van der Waals surface area contributed by atoms with E-state index in [-0.39, 0.29) is 24.1 Å². The van der Waals surface area contributed by atoms with Crippen LogP contribution >= 0.6 is 24.6 Å². The molecule has 23 heavy (non-hydrogen) atoms. The zero-order valence-electron chi connectivity index (χ0n) is 12.2. The molecular formula is C14H17ClN4O3S. The van der Waals surface area contributed by atoms with Crippen LogP contribution < -0.4 is 10.5 Å². The minimum absolute atomic E-state index is 0. The molecule has 3 N–H and O–H groups in total. The van der Waals surface area contributed by atoms with Crippen molar-refractivity contribution in [2.24, 2.45) is 5.73 Å². The third-order valence-electron chi connectivity index (χ3n) is 3.80. The van der Waals surface area contributed by atoms with Gasteiger partial charge in [0.05, 0.1) is 11.0 Å². The van der Waals surface area contributed by atoms with Gasteiger partial charge >= 0.3 is 0 Å².